The zero-order chi connectivity index (χ0) is 26.4. The van der Waals surface area contributed by atoms with Gasteiger partial charge in [0.15, 0.2) is 5.69 Å². The number of alkyl halides is 3. The second-order valence-electron chi connectivity index (χ2n) is 10.2. The van der Waals surface area contributed by atoms with E-state index in [1.807, 2.05) is 0 Å². The molecule has 0 spiro atoms. The van der Waals surface area contributed by atoms with Crippen LogP contribution >= 0.6 is 0 Å². The molecule has 0 amide bonds. The van der Waals surface area contributed by atoms with E-state index in [0.717, 1.165) is 49.8 Å². The number of fused-ring (bicyclic) bond motifs is 2. The van der Waals surface area contributed by atoms with Crippen LogP contribution in [-0.4, -0.2) is 50.6 Å². The number of hydrogen-bond acceptors (Lipinski definition) is 6. The number of nitrogens with one attached hydrogen (secondary N) is 1. The number of para-hydroxylation sites is 1. The molecule has 2 bridgehead atoms. The summed E-state index contributed by atoms with van der Waals surface area (Å²) in [5, 5.41) is 9.31. The van der Waals surface area contributed by atoms with Crippen LogP contribution in [0.2, 0.25) is 0 Å². The van der Waals surface area contributed by atoms with E-state index in [1.54, 1.807) is 18.3 Å². The smallest absolute Gasteiger partial charge is 0.477 e. The first-order valence-corrected chi connectivity index (χ1v) is 12.8. The third-order valence-electron chi connectivity index (χ3n) is 7.66. The third kappa shape index (κ3) is 4.94. The maximum absolute atomic E-state index is 13.1. The zero-order valence-corrected chi connectivity index (χ0v) is 20.4. The SMILES string of the molecule is O=C(O)c1ccnc(N2C3CCC2CC(OCc2c(-c4ccccc4OC(F)(F)F)c[nH]c2C2CC2)C3)n1. The Morgan fingerprint density at radius 2 is 1.82 bits per heavy atom. The summed E-state index contributed by atoms with van der Waals surface area (Å²) in [6.07, 6.45) is 3.83. The van der Waals surface area contributed by atoms with Gasteiger partial charge in [-0.25, -0.2) is 14.8 Å². The van der Waals surface area contributed by atoms with Crippen molar-refractivity contribution in [3.8, 4) is 16.9 Å². The first-order valence-electron chi connectivity index (χ1n) is 12.8. The Kier molecular flexibility index (Phi) is 6.25. The number of carboxylic acids is 1. The fourth-order valence-electron chi connectivity index (χ4n) is 5.89. The molecule has 2 aliphatic heterocycles. The van der Waals surface area contributed by atoms with Crippen molar-refractivity contribution in [1.82, 2.24) is 15.0 Å². The Morgan fingerprint density at radius 3 is 2.50 bits per heavy atom. The molecule has 1 aliphatic carbocycles. The molecule has 4 heterocycles. The van der Waals surface area contributed by atoms with Crippen LogP contribution in [0.25, 0.3) is 11.1 Å². The Hall–Kier alpha value is -3.60. The summed E-state index contributed by atoms with van der Waals surface area (Å²) >= 11 is 0. The molecule has 2 aromatic heterocycles. The molecule has 8 nitrogen and oxygen atoms in total. The highest BCUT2D eigenvalue weighted by Gasteiger charge is 2.43. The van der Waals surface area contributed by atoms with Crippen LogP contribution in [-0.2, 0) is 11.3 Å². The molecular weight excluding hydrogens is 501 g/mol. The molecule has 3 aliphatic rings. The first-order chi connectivity index (χ1) is 18.3. The van der Waals surface area contributed by atoms with Gasteiger partial charge in [-0.3, -0.25) is 0 Å². The number of aromatic amines is 1. The van der Waals surface area contributed by atoms with Gasteiger partial charge in [-0.15, -0.1) is 13.2 Å². The lowest BCUT2D eigenvalue weighted by molar-refractivity contribution is -0.274. The molecule has 3 fully saturated rings. The van der Waals surface area contributed by atoms with Crippen LogP contribution in [0.5, 0.6) is 5.75 Å². The summed E-state index contributed by atoms with van der Waals surface area (Å²) in [6.45, 7) is 0.278. The quantitative estimate of drug-likeness (QED) is 0.389. The van der Waals surface area contributed by atoms with Crippen LogP contribution in [0.3, 0.4) is 0 Å². The number of H-pyrrole nitrogens is 1. The lowest BCUT2D eigenvalue weighted by Gasteiger charge is -2.38. The van der Waals surface area contributed by atoms with Crippen LogP contribution in [0.15, 0.2) is 42.7 Å². The van der Waals surface area contributed by atoms with Gasteiger partial charge in [0, 0.05) is 46.9 Å². The second kappa shape index (κ2) is 9.61. The minimum Gasteiger partial charge on any atom is -0.477 e. The Bertz CT molecular complexity index is 1330. The van der Waals surface area contributed by atoms with Crippen LogP contribution in [0.4, 0.5) is 19.1 Å². The third-order valence-corrected chi connectivity index (χ3v) is 7.66. The largest absolute Gasteiger partial charge is 0.573 e. The zero-order valence-electron chi connectivity index (χ0n) is 20.4. The molecule has 38 heavy (non-hydrogen) atoms. The molecule has 2 N–H and O–H groups in total. The number of ether oxygens (including phenoxy) is 2. The Balaban J connectivity index is 1.20. The number of aromatic nitrogens is 3. The van der Waals surface area contributed by atoms with E-state index in [-0.39, 0.29) is 36.2 Å². The van der Waals surface area contributed by atoms with E-state index in [1.165, 1.54) is 24.4 Å². The molecule has 2 saturated heterocycles. The van der Waals surface area contributed by atoms with Crippen molar-refractivity contribution in [2.75, 3.05) is 4.90 Å². The van der Waals surface area contributed by atoms with E-state index < -0.39 is 12.3 Å². The number of rotatable bonds is 8. The van der Waals surface area contributed by atoms with E-state index >= 15 is 0 Å². The predicted molar refractivity (Wildman–Crippen MR) is 131 cm³/mol. The first kappa shape index (κ1) is 24.7. The van der Waals surface area contributed by atoms with Gasteiger partial charge in [0.25, 0.3) is 0 Å². The topological polar surface area (TPSA) is 101 Å². The van der Waals surface area contributed by atoms with Crippen molar-refractivity contribution in [3.05, 3.63) is 59.7 Å². The number of benzene rings is 1. The summed E-state index contributed by atoms with van der Waals surface area (Å²) in [4.78, 5) is 25.4. The normalized spacial score (nSPS) is 23.0. The van der Waals surface area contributed by atoms with Gasteiger partial charge in [0.05, 0.1) is 12.7 Å². The lowest BCUT2D eigenvalue weighted by Crippen LogP contribution is -2.46. The standard InChI is InChI=1S/C27H27F3N4O4/c28-27(29,30)38-23-4-2-1-3-19(23)20-13-32-24(15-5-6-15)21(20)14-37-18-11-16-7-8-17(12-18)34(16)26-31-10-9-22(33-26)25(35)36/h1-4,9-10,13,15-18,32H,5-8,11-12,14H2,(H,35,36). The molecule has 2 atom stereocenters. The number of nitrogens with zero attached hydrogens (tertiary/aromatic N) is 3. The van der Waals surface area contributed by atoms with Gasteiger partial charge >= 0.3 is 12.3 Å². The summed E-state index contributed by atoms with van der Waals surface area (Å²) in [5.41, 5.74) is 2.89. The number of anilines is 1. The van der Waals surface area contributed by atoms with Gasteiger partial charge in [-0.1, -0.05) is 18.2 Å². The maximum Gasteiger partial charge on any atom is 0.573 e. The van der Waals surface area contributed by atoms with Crippen LogP contribution < -0.4 is 9.64 Å². The van der Waals surface area contributed by atoms with Crippen molar-refractivity contribution in [2.24, 2.45) is 0 Å². The van der Waals surface area contributed by atoms with Crippen molar-refractivity contribution in [1.29, 1.82) is 0 Å². The van der Waals surface area contributed by atoms with E-state index in [4.69, 9.17) is 4.74 Å². The molecule has 200 valence electrons. The molecule has 0 radical (unpaired) electrons. The summed E-state index contributed by atoms with van der Waals surface area (Å²) in [6, 6.07) is 7.83. The fourth-order valence-corrected chi connectivity index (χ4v) is 5.89. The van der Waals surface area contributed by atoms with E-state index in [0.29, 0.717) is 23.0 Å². The molecule has 1 aromatic carbocycles. The van der Waals surface area contributed by atoms with Crippen molar-refractivity contribution in [3.63, 3.8) is 0 Å². The van der Waals surface area contributed by atoms with Crippen molar-refractivity contribution in [2.45, 2.75) is 75.6 Å². The molecule has 11 heteroatoms. The van der Waals surface area contributed by atoms with Gasteiger partial charge in [0.2, 0.25) is 5.95 Å². The molecular formula is C27H27F3N4O4. The highest BCUT2D eigenvalue weighted by Crippen LogP contribution is 2.46. The minimum absolute atomic E-state index is 0.0323. The van der Waals surface area contributed by atoms with Crippen LogP contribution in [0.1, 0.15) is 66.2 Å². The Labute approximate surface area is 216 Å². The number of aromatic carboxylic acids is 1. The van der Waals surface area contributed by atoms with E-state index in [2.05, 4.69) is 24.6 Å². The number of halogens is 3. The van der Waals surface area contributed by atoms with Crippen molar-refractivity contribution >= 4 is 11.9 Å². The fraction of sp³-hybridized carbons (Fsp3) is 0.444. The predicted octanol–water partition coefficient (Wildman–Crippen LogP) is 5.66. The highest BCUT2D eigenvalue weighted by molar-refractivity contribution is 5.85. The average Bonchev–Trinajstić information content (AvgIpc) is 3.58. The van der Waals surface area contributed by atoms with E-state index in [9.17, 15) is 23.1 Å². The number of piperidine rings is 1. The highest BCUT2D eigenvalue weighted by atomic mass is 19.4. The second-order valence-corrected chi connectivity index (χ2v) is 10.2. The lowest BCUT2D eigenvalue weighted by atomic mass is 9.99. The summed E-state index contributed by atoms with van der Waals surface area (Å²) in [7, 11) is 0. The molecule has 2 unspecified atom stereocenters. The summed E-state index contributed by atoms with van der Waals surface area (Å²) < 4.78 is 50.0. The van der Waals surface area contributed by atoms with Gasteiger partial charge < -0.3 is 24.5 Å². The Morgan fingerprint density at radius 1 is 1.08 bits per heavy atom. The molecule has 3 aromatic rings. The summed E-state index contributed by atoms with van der Waals surface area (Å²) in [5.74, 6) is -0.538. The molecule has 1 saturated carbocycles. The average molecular weight is 529 g/mol. The monoisotopic (exact) mass is 528 g/mol. The van der Waals surface area contributed by atoms with Crippen molar-refractivity contribution < 1.29 is 32.5 Å². The maximum atomic E-state index is 13.1. The van der Waals surface area contributed by atoms with Gasteiger partial charge in [0.1, 0.15) is 5.75 Å². The molecule has 6 rings (SSSR count). The number of hydrogen-bond donors (Lipinski definition) is 2. The number of carbonyl (C=O) groups is 1. The minimum atomic E-state index is -4.79. The van der Waals surface area contributed by atoms with Gasteiger partial charge in [-0.2, -0.15) is 0 Å². The van der Waals surface area contributed by atoms with Gasteiger partial charge in [-0.05, 0) is 56.6 Å². The number of carboxylic acid groups (broad SMARTS) is 1. The van der Waals surface area contributed by atoms with Crippen LogP contribution in [0, 0.1) is 0 Å².